The SMILES string of the molecule is Cc1c2ccncc2cc2c3cc(OCC(C)(C)N)ccc3n(C)c12. The minimum atomic E-state index is -0.355. The van der Waals surface area contributed by atoms with Gasteiger partial charge in [-0.15, -0.1) is 0 Å². The largest absolute Gasteiger partial charge is 0.492 e. The Morgan fingerprint density at radius 1 is 1.12 bits per heavy atom. The Balaban J connectivity index is 1.97. The Bertz CT molecular complexity index is 1100. The average Bonchev–Trinajstić information content (AvgIpc) is 2.85. The van der Waals surface area contributed by atoms with Crippen LogP contribution in [0.4, 0.5) is 0 Å². The predicted octanol–water partition coefficient (Wildman–Crippen LogP) is 4.30. The summed E-state index contributed by atoms with van der Waals surface area (Å²) in [5.74, 6) is 0.850. The van der Waals surface area contributed by atoms with Crippen molar-refractivity contribution in [2.24, 2.45) is 12.8 Å². The van der Waals surface area contributed by atoms with Crippen LogP contribution >= 0.6 is 0 Å². The summed E-state index contributed by atoms with van der Waals surface area (Å²) in [5, 5.41) is 4.83. The van der Waals surface area contributed by atoms with Crippen LogP contribution in [-0.2, 0) is 7.05 Å². The van der Waals surface area contributed by atoms with Crippen LogP contribution in [0, 0.1) is 6.92 Å². The zero-order valence-electron chi connectivity index (χ0n) is 15.1. The van der Waals surface area contributed by atoms with Crippen LogP contribution in [0.3, 0.4) is 0 Å². The number of aryl methyl sites for hydroxylation is 2. The summed E-state index contributed by atoms with van der Waals surface area (Å²) >= 11 is 0. The molecule has 2 aromatic carbocycles. The van der Waals surface area contributed by atoms with Crippen LogP contribution in [0.5, 0.6) is 5.75 Å². The number of pyridine rings is 1. The van der Waals surface area contributed by atoms with Crippen LogP contribution in [0.1, 0.15) is 19.4 Å². The average molecular weight is 333 g/mol. The third-order valence-corrected chi connectivity index (χ3v) is 4.73. The monoisotopic (exact) mass is 333 g/mol. The molecule has 0 unspecified atom stereocenters. The first kappa shape index (κ1) is 15.9. The maximum absolute atomic E-state index is 6.04. The first-order valence-corrected chi connectivity index (χ1v) is 8.52. The Hall–Kier alpha value is -2.59. The highest BCUT2D eigenvalue weighted by atomic mass is 16.5. The van der Waals surface area contributed by atoms with Crippen LogP contribution in [0.2, 0.25) is 0 Å². The van der Waals surface area contributed by atoms with E-state index in [4.69, 9.17) is 10.5 Å². The van der Waals surface area contributed by atoms with E-state index in [9.17, 15) is 0 Å². The molecule has 2 N–H and O–H groups in total. The summed E-state index contributed by atoms with van der Waals surface area (Å²) in [6.45, 7) is 6.59. The molecule has 4 rings (SSSR count). The molecule has 0 amide bonds. The van der Waals surface area contributed by atoms with Gasteiger partial charge in [-0.3, -0.25) is 4.98 Å². The first-order chi connectivity index (χ1) is 11.8. The lowest BCUT2D eigenvalue weighted by atomic mass is 10.0. The zero-order chi connectivity index (χ0) is 17.8. The molecular formula is C21H23N3O. The molecule has 0 radical (unpaired) electrons. The molecular weight excluding hydrogens is 310 g/mol. The topological polar surface area (TPSA) is 53.1 Å². The van der Waals surface area contributed by atoms with Gasteiger partial charge in [0.15, 0.2) is 0 Å². The molecule has 25 heavy (non-hydrogen) atoms. The number of rotatable bonds is 3. The molecule has 4 heteroatoms. The number of hydrogen-bond donors (Lipinski definition) is 1. The number of hydrogen-bond acceptors (Lipinski definition) is 3. The number of benzene rings is 2. The van der Waals surface area contributed by atoms with Crippen molar-refractivity contribution in [2.75, 3.05) is 6.61 Å². The molecule has 0 saturated heterocycles. The second-order valence-electron chi connectivity index (χ2n) is 7.51. The summed E-state index contributed by atoms with van der Waals surface area (Å²) < 4.78 is 8.17. The van der Waals surface area contributed by atoms with E-state index in [1.165, 1.54) is 32.8 Å². The van der Waals surface area contributed by atoms with Gasteiger partial charge in [-0.1, -0.05) is 0 Å². The molecule has 0 spiro atoms. The Morgan fingerprint density at radius 2 is 1.92 bits per heavy atom. The summed E-state index contributed by atoms with van der Waals surface area (Å²) in [6, 6.07) is 10.6. The highest BCUT2D eigenvalue weighted by Crippen LogP contribution is 2.36. The van der Waals surface area contributed by atoms with Crippen molar-refractivity contribution >= 4 is 32.6 Å². The smallest absolute Gasteiger partial charge is 0.120 e. The maximum Gasteiger partial charge on any atom is 0.120 e. The summed E-state index contributed by atoms with van der Waals surface area (Å²) in [6.07, 6.45) is 3.78. The van der Waals surface area contributed by atoms with E-state index in [1.807, 2.05) is 32.3 Å². The fraction of sp³-hybridized carbons (Fsp3) is 0.286. The predicted molar refractivity (Wildman–Crippen MR) is 104 cm³/mol. The van der Waals surface area contributed by atoms with Crippen molar-refractivity contribution in [1.82, 2.24) is 9.55 Å². The van der Waals surface area contributed by atoms with Gasteiger partial charge in [-0.2, -0.15) is 0 Å². The highest BCUT2D eigenvalue weighted by molar-refractivity contribution is 6.14. The fourth-order valence-electron chi connectivity index (χ4n) is 3.56. The van der Waals surface area contributed by atoms with Gasteiger partial charge in [0.1, 0.15) is 12.4 Å². The number of aromatic nitrogens is 2. The van der Waals surface area contributed by atoms with Gasteiger partial charge in [-0.25, -0.2) is 0 Å². The van der Waals surface area contributed by atoms with Gasteiger partial charge < -0.3 is 15.0 Å². The summed E-state index contributed by atoms with van der Waals surface area (Å²) in [4.78, 5) is 4.28. The van der Waals surface area contributed by atoms with Crippen LogP contribution in [0.15, 0.2) is 42.7 Å². The minimum absolute atomic E-state index is 0.355. The van der Waals surface area contributed by atoms with Gasteiger partial charge >= 0.3 is 0 Å². The van der Waals surface area contributed by atoms with Crippen LogP contribution in [-0.4, -0.2) is 21.7 Å². The molecule has 0 aliphatic heterocycles. The standard InChI is InChI=1S/C21H23N3O/c1-13-16-7-8-23-11-14(16)9-18-17-10-15(25-12-21(2,3)22)5-6-19(17)24(4)20(13)18/h5-11H,12,22H2,1-4H3. The van der Waals surface area contributed by atoms with Crippen molar-refractivity contribution in [3.63, 3.8) is 0 Å². The number of nitrogens with two attached hydrogens (primary N) is 1. The molecule has 0 aliphatic carbocycles. The molecule has 128 valence electrons. The molecule has 4 nitrogen and oxygen atoms in total. The van der Waals surface area contributed by atoms with Crippen LogP contribution in [0.25, 0.3) is 32.6 Å². The van der Waals surface area contributed by atoms with Gasteiger partial charge in [0.25, 0.3) is 0 Å². The second-order valence-corrected chi connectivity index (χ2v) is 7.51. The molecule has 2 heterocycles. The maximum atomic E-state index is 6.04. The van der Waals surface area contributed by atoms with Crippen molar-refractivity contribution < 1.29 is 4.74 Å². The second kappa shape index (κ2) is 5.46. The number of fused-ring (bicyclic) bond motifs is 4. The third-order valence-electron chi connectivity index (χ3n) is 4.73. The molecule has 0 bridgehead atoms. The lowest BCUT2D eigenvalue weighted by Gasteiger charge is -2.19. The highest BCUT2D eigenvalue weighted by Gasteiger charge is 2.15. The van der Waals surface area contributed by atoms with Gasteiger partial charge in [0.05, 0.1) is 5.52 Å². The minimum Gasteiger partial charge on any atom is -0.492 e. The third kappa shape index (κ3) is 2.63. The van der Waals surface area contributed by atoms with Gasteiger partial charge in [0.2, 0.25) is 0 Å². The summed E-state index contributed by atoms with van der Waals surface area (Å²) in [5.41, 5.74) is 9.41. The van der Waals surface area contributed by atoms with Crippen molar-refractivity contribution in [2.45, 2.75) is 26.3 Å². The van der Waals surface area contributed by atoms with Gasteiger partial charge in [0, 0.05) is 46.7 Å². The number of nitrogens with zero attached hydrogens (tertiary/aromatic N) is 2. The molecule has 2 aromatic heterocycles. The molecule has 4 aromatic rings. The Morgan fingerprint density at radius 3 is 2.68 bits per heavy atom. The summed E-state index contributed by atoms with van der Waals surface area (Å²) in [7, 11) is 2.12. The lowest BCUT2D eigenvalue weighted by molar-refractivity contribution is 0.243. The molecule has 0 aliphatic rings. The van der Waals surface area contributed by atoms with Gasteiger partial charge in [-0.05, 0) is 62.1 Å². The lowest BCUT2D eigenvalue weighted by Crippen LogP contribution is -2.38. The van der Waals surface area contributed by atoms with E-state index >= 15 is 0 Å². The van der Waals surface area contributed by atoms with E-state index < -0.39 is 0 Å². The quantitative estimate of drug-likeness (QED) is 0.608. The molecule has 0 atom stereocenters. The van der Waals surface area contributed by atoms with E-state index in [2.05, 4.69) is 47.8 Å². The van der Waals surface area contributed by atoms with Crippen molar-refractivity contribution in [3.05, 3.63) is 48.3 Å². The zero-order valence-corrected chi connectivity index (χ0v) is 15.1. The van der Waals surface area contributed by atoms with E-state index in [0.717, 1.165) is 11.1 Å². The molecule has 0 saturated carbocycles. The normalized spacial score (nSPS) is 12.4. The van der Waals surface area contributed by atoms with Crippen molar-refractivity contribution in [3.8, 4) is 5.75 Å². The van der Waals surface area contributed by atoms with Crippen LogP contribution < -0.4 is 10.5 Å². The van der Waals surface area contributed by atoms with E-state index in [-0.39, 0.29) is 5.54 Å². The molecule has 0 fully saturated rings. The fourth-order valence-corrected chi connectivity index (χ4v) is 3.56. The van der Waals surface area contributed by atoms with E-state index in [0.29, 0.717) is 6.61 Å². The Labute approximate surface area is 147 Å². The first-order valence-electron chi connectivity index (χ1n) is 8.52. The van der Waals surface area contributed by atoms with Crippen molar-refractivity contribution in [1.29, 1.82) is 0 Å². The Kier molecular flexibility index (Phi) is 3.48. The van der Waals surface area contributed by atoms with E-state index in [1.54, 1.807) is 0 Å². The number of ether oxygens (including phenoxy) is 1.